The van der Waals surface area contributed by atoms with Crippen LogP contribution < -0.4 is 5.32 Å². The van der Waals surface area contributed by atoms with Crippen LogP contribution in [0.1, 0.15) is 12.5 Å². The Bertz CT molecular complexity index is 384. The van der Waals surface area contributed by atoms with Crippen LogP contribution in [0.3, 0.4) is 0 Å². The smallest absolute Gasteiger partial charge is 0.322 e. The maximum Gasteiger partial charge on any atom is 0.322 e. The van der Waals surface area contributed by atoms with Crippen LogP contribution in [0.15, 0.2) is 18.2 Å². The Morgan fingerprint density at radius 1 is 1.62 bits per heavy atom. The van der Waals surface area contributed by atoms with E-state index in [4.69, 9.17) is 11.6 Å². The van der Waals surface area contributed by atoms with Gasteiger partial charge in [0, 0.05) is 6.54 Å². The summed E-state index contributed by atoms with van der Waals surface area (Å²) in [6.45, 7) is 2.06. The maximum absolute atomic E-state index is 13.1. The molecule has 5 heteroatoms. The third-order valence-corrected chi connectivity index (χ3v) is 2.46. The Morgan fingerprint density at radius 2 is 2.31 bits per heavy atom. The molecule has 0 unspecified atom stereocenters. The lowest BCUT2D eigenvalue weighted by Crippen LogP contribution is -2.34. The van der Waals surface area contributed by atoms with Gasteiger partial charge in [-0.3, -0.25) is 4.79 Å². The molecular weight excluding hydrogens is 233 g/mol. The third kappa shape index (κ3) is 3.47. The molecule has 0 spiro atoms. The molecule has 1 N–H and O–H groups in total. The number of halogens is 2. The van der Waals surface area contributed by atoms with E-state index in [9.17, 15) is 9.18 Å². The molecule has 0 heterocycles. The van der Waals surface area contributed by atoms with Crippen molar-refractivity contribution in [1.82, 2.24) is 5.32 Å². The monoisotopic (exact) mass is 245 g/mol. The van der Waals surface area contributed by atoms with Crippen molar-refractivity contribution in [2.75, 3.05) is 7.11 Å². The summed E-state index contributed by atoms with van der Waals surface area (Å²) in [5.41, 5.74) is 0.720. The number of carbonyl (C=O) groups is 1. The number of hydrogen-bond donors (Lipinski definition) is 1. The average Bonchev–Trinajstić information content (AvgIpc) is 2.29. The Hall–Kier alpha value is -1.13. The highest BCUT2D eigenvalue weighted by molar-refractivity contribution is 6.30. The summed E-state index contributed by atoms with van der Waals surface area (Å²) in [5.74, 6) is -0.818. The zero-order valence-corrected chi connectivity index (χ0v) is 9.84. The van der Waals surface area contributed by atoms with Gasteiger partial charge in [0.2, 0.25) is 0 Å². The minimum Gasteiger partial charge on any atom is -0.468 e. The van der Waals surface area contributed by atoms with Crippen LogP contribution in [-0.4, -0.2) is 19.1 Å². The van der Waals surface area contributed by atoms with Crippen molar-refractivity contribution in [2.45, 2.75) is 19.5 Å². The van der Waals surface area contributed by atoms with Crippen LogP contribution in [0, 0.1) is 5.82 Å². The van der Waals surface area contributed by atoms with Gasteiger partial charge >= 0.3 is 5.97 Å². The molecule has 0 aliphatic carbocycles. The fourth-order valence-electron chi connectivity index (χ4n) is 1.18. The average molecular weight is 246 g/mol. The minimum absolute atomic E-state index is 0.0877. The number of rotatable bonds is 4. The number of nitrogens with one attached hydrogen (secondary N) is 1. The maximum atomic E-state index is 13.1. The first-order chi connectivity index (χ1) is 7.54. The molecule has 0 radical (unpaired) electrons. The predicted octanol–water partition coefficient (Wildman–Crippen LogP) is 2.13. The third-order valence-electron chi connectivity index (χ3n) is 2.15. The minimum atomic E-state index is -0.466. The number of ether oxygens (including phenoxy) is 1. The summed E-state index contributed by atoms with van der Waals surface area (Å²) in [7, 11) is 1.32. The van der Waals surface area contributed by atoms with Crippen LogP contribution in [-0.2, 0) is 16.1 Å². The second-order valence-corrected chi connectivity index (χ2v) is 3.78. The molecule has 0 aromatic heterocycles. The van der Waals surface area contributed by atoms with Crippen LogP contribution in [0.25, 0.3) is 0 Å². The topological polar surface area (TPSA) is 38.3 Å². The Labute approximate surface area is 98.5 Å². The molecule has 0 saturated carbocycles. The van der Waals surface area contributed by atoms with E-state index in [0.717, 1.165) is 5.56 Å². The van der Waals surface area contributed by atoms with Crippen molar-refractivity contribution in [2.24, 2.45) is 0 Å². The summed E-state index contributed by atoms with van der Waals surface area (Å²) in [6.07, 6.45) is 0. The molecule has 88 valence electrons. The lowest BCUT2D eigenvalue weighted by Gasteiger charge is -2.11. The molecule has 0 bridgehead atoms. The Balaban J connectivity index is 2.55. The van der Waals surface area contributed by atoms with Gasteiger partial charge in [-0.05, 0) is 24.6 Å². The number of benzene rings is 1. The number of carbonyl (C=O) groups excluding carboxylic acids is 1. The van der Waals surface area contributed by atoms with Crippen LogP contribution in [0.4, 0.5) is 4.39 Å². The van der Waals surface area contributed by atoms with Gasteiger partial charge < -0.3 is 10.1 Å². The van der Waals surface area contributed by atoms with E-state index in [1.54, 1.807) is 13.0 Å². The summed E-state index contributed by atoms with van der Waals surface area (Å²) < 4.78 is 17.6. The van der Waals surface area contributed by atoms with Crippen LogP contribution in [0.2, 0.25) is 5.02 Å². The zero-order valence-electron chi connectivity index (χ0n) is 9.09. The highest BCUT2D eigenvalue weighted by atomic mass is 35.5. The summed E-state index contributed by atoms with van der Waals surface area (Å²) in [6, 6.07) is 4.09. The Kier molecular flexibility index (Phi) is 4.71. The van der Waals surface area contributed by atoms with Gasteiger partial charge in [0.15, 0.2) is 0 Å². The molecule has 1 aromatic rings. The molecular formula is C11H13ClFNO2. The van der Waals surface area contributed by atoms with Crippen molar-refractivity contribution >= 4 is 17.6 Å². The molecule has 1 atom stereocenters. The molecule has 0 saturated heterocycles. The van der Waals surface area contributed by atoms with Crippen molar-refractivity contribution in [3.05, 3.63) is 34.6 Å². The molecule has 1 aromatic carbocycles. The molecule has 0 amide bonds. The van der Waals surface area contributed by atoms with Crippen molar-refractivity contribution < 1.29 is 13.9 Å². The first-order valence-electron chi connectivity index (χ1n) is 4.79. The summed E-state index contributed by atoms with van der Waals surface area (Å²) in [4.78, 5) is 11.1. The first kappa shape index (κ1) is 12.9. The second kappa shape index (κ2) is 5.82. The molecule has 0 aliphatic heterocycles. The fraction of sp³-hybridized carbons (Fsp3) is 0.364. The molecule has 0 fully saturated rings. The van der Waals surface area contributed by atoms with Gasteiger partial charge in [-0.25, -0.2) is 4.39 Å². The van der Waals surface area contributed by atoms with Gasteiger partial charge in [-0.15, -0.1) is 0 Å². The number of hydrogen-bond acceptors (Lipinski definition) is 3. The van der Waals surface area contributed by atoms with Crippen molar-refractivity contribution in [1.29, 1.82) is 0 Å². The van der Waals surface area contributed by atoms with E-state index in [2.05, 4.69) is 10.1 Å². The lowest BCUT2D eigenvalue weighted by molar-refractivity contribution is -0.142. The van der Waals surface area contributed by atoms with Gasteiger partial charge in [0.25, 0.3) is 0 Å². The van der Waals surface area contributed by atoms with Gasteiger partial charge in [-0.1, -0.05) is 17.7 Å². The lowest BCUT2D eigenvalue weighted by atomic mass is 10.2. The van der Waals surface area contributed by atoms with E-state index >= 15 is 0 Å². The Morgan fingerprint density at radius 3 is 2.88 bits per heavy atom. The fourth-order valence-corrected chi connectivity index (χ4v) is 1.30. The summed E-state index contributed by atoms with van der Waals surface area (Å²) >= 11 is 5.55. The largest absolute Gasteiger partial charge is 0.468 e. The van der Waals surface area contributed by atoms with E-state index in [-0.39, 0.29) is 11.0 Å². The highest BCUT2D eigenvalue weighted by Crippen LogP contribution is 2.15. The molecule has 3 nitrogen and oxygen atoms in total. The van der Waals surface area contributed by atoms with Gasteiger partial charge in [-0.2, -0.15) is 0 Å². The van der Waals surface area contributed by atoms with E-state index in [0.29, 0.717) is 6.54 Å². The van der Waals surface area contributed by atoms with E-state index in [1.165, 1.54) is 19.2 Å². The van der Waals surface area contributed by atoms with E-state index in [1.807, 2.05) is 0 Å². The summed E-state index contributed by atoms with van der Waals surface area (Å²) in [5, 5.41) is 3.00. The molecule has 1 rings (SSSR count). The number of esters is 1. The van der Waals surface area contributed by atoms with Crippen molar-refractivity contribution in [3.8, 4) is 0 Å². The number of methoxy groups -OCH3 is 1. The first-order valence-corrected chi connectivity index (χ1v) is 5.17. The standard InChI is InChI=1S/C11H13ClFNO2/c1-7(11(15)16-2)14-6-8-3-4-9(12)10(13)5-8/h3-5,7,14H,6H2,1-2H3/t7-/m0/s1. The SMILES string of the molecule is COC(=O)[C@H](C)NCc1ccc(Cl)c(F)c1. The molecule has 16 heavy (non-hydrogen) atoms. The van der Waals surface area contributed by atoms with E-state index < -0.39 is 11.9 Å². The zero-order chi connectivity index (χ0) is 12.1. The molecule has 0 aliphatic rings. The normalized spacial score (nSPS) is 12.2. The van der Waals surface area contributed by atoms with Crippen LogP contribution in [0.5, 0.6) is 0 Å². The second-order valence-electron chi connectivity index (χ2n) is 3.37. The van der Waals surface area contributed by atoms with Crippen LogP contribution >= 0.6 is 11.6 Å². The highest BCUT2D eigenvalue weighted by Gasteiger charge is 2.11. The predicted molar refractivity (Wildman–Crippen MR) is 59.7 cm³/mol. The van der Waals surface area contributed by atoms with Gasteiger partial charge in [0.05, 0.1) is 12.1 Å². The quantitative estimate of drug-likeness (QED) is 0.826. The van der Waals surface area contributed by atoms with Crippen molar-refractivity contribution in [3.63, 3.8) is 0 Å². The van der Waals surface area contributed by atoms with Gasteiger partial charge in [0.1, 0.15) is 11.9 Å².